The average molecular weight is 385 g/mol. The van der Waals surface area contributed by atoms with Crippen LogP contribution >= 0.6 is 0 Å². The molecule has 3 amide bonds. The fourth-order valence-corrected chi connectivity index (χ4v) is 2.10. The molecule has 1 heterocycles. The molecule has 0 saturated carbocycles. The Morgan fingerprint density at radius 1 is 1.30 bits per heavy atom. The van der Waals surface area contributed by atoms with Crippen LogP contribution in [-0.2, 0) is 33.4 Å². The smallest absolute Gasteiger partial charge is 0.260 e. The van der Waals surface area contributed by atoms with Crippen LogP contribution in [0.1, 0.15) is 12.8 Å². The number of nitrogens with zero attached hydrogens (tertiary/aromatic N) is 2. The van der Waals surface area contributed by atoms with Crippen molar-refractivity contribution < 1.29 is 38.5 Å². The van der Waals surface area contributed by atoms with Gasteiger partial charge in [0.25, 0.3) is 11.8 Å². The molecule has 0 aromatic rings. The van der Waals surface area contributed by atoms with E-state index in [0.29, 0.717) is 24.2 Å². The van der Waals surface area contributed by atoms with E-state index in [-0.39, 0.29) is 6.42 Å². The second kappa shape index (κ2) is 12.0. The van der Waals surface area contributed by atoms with Gasteiger partial charge < -0.3 is 29.5 Å². The highest BCUT2D eigenvalue weighted by Gasteiger charge is 2.29. The Morgan fingerprint density at radius 3 is 2.48 bits per heavy atom. The van der Waals surface area contributed by atoms with Crippen LogP contribution in [0.2, 0.25) is 0 Å². The number of imide groups is 3. The molecule has 27 heavy (non-hydrogen) atoms. The number of hydrazone groups is 1. The third-order valence-electron chi connectivity index (χ3n) is 3.52. The van der Waals surface area contributed by atoms with E-state index in [2.05, 4.69) is 10.5 Å². The highest BCUT2D eigenvalue weighted by Crippen LogP contribution is 2.07. The normalized spacial score (nSPS) is 17.4. The second-order valence-corrected chi connectivity index (χ2v) is 5.33. The number of hydrogen-bond acceptors (Lipinski definition) is 10. The van der Waals surface area contributed by atoms with Crippen LogP contribution in [0.3, 0.4) is 0 Å². The molecule has 3 atom stereocenters. The summed E-state index contributed by atoms with van der Waals surface area (Å²) in [6.07, 6.45) is 1.37. The summed E-state index contributed by atoms with van der Waals surface area (Å²) in [5.74, 6) is -1.86. The molecule has 0 saturated heterocycles. The van der Waals surface area contributed by atoms with Crippen LogP contribution in [0.5, 0.6) is 0 Å². The maximum absolute atomic E-state index is 11.8. The van der Waals surface area contributed by atoms with Gasteiger partial charge in [-0.25, -0.2) is 4.90 Å². The van der Waals surface area contributed by atoms with Crippen molar-refractivity contribution in [1.82, 2.24) is 10.3 Å². The summed E-state index contributed by atoms with van der Waals surface area (Å²) in [6.45, 7) is -0.163. The van der Waals surface area contributed by atoms with Crippen molar-refractivity contribution in [2.75, 3.05) is 27.4 Å². The van der Waals surface area contributed by atoms with Crippen LogP contribution in [0.4, 0.5) is 0 Å². The van der Waals surface area contributed by atoms with Gasteiger partial charge in [0.1, 0.15) is 12.2 Å². The molecular formula is C16H23N3O8. The lowest BCUT2D eigenvalue weighted by atomic mass is 10.2. The molecule has 0 fully saturated rings. The first-order chi connectivity index (χ1) is 13.0. The van der Waals surface area contributed by atoms with E-state index in [0.717, 1.165) is 12.2 Å². The SMILES string of the molecule is COC(C=O)[C@@H](CO)O[C@H](/C=N\NCCCC(=O)N1C(=O)C=CC1=O)OC. The fourth-order valence-electron chi connectivity index (χ4n) is 2.10. The minimum atomic E-state index is -0.953. The van der Waals surface area contributed by atoms with Gasteiger partial charge in [0.15, 0.2) is 12.6 Å². The third-order valence-corrected chi connectivity index (χ3v) is 3.52. The Kier molecular flexibility index (Phi) is 10.0. The van der Waals surface area contributed by atoms with Gasteiger partial charge >= 0.3 is 0 Å². The first-order valence-electron chi connectivity index (χ1n) is 8.10. The van der Waals surface area contributed by atoms with E-state index in [1.54, 1.807) is 0 Å². The molecule has 1 unspecified atom stereocenters. The fraction of sp³-hybridized carbons (Fsp3) is 0.562. The lowest BCUT2D eigenvalue weighted by molar-refractivity contribution is -0.163. The lowest BCUT2D eigenvalue weighted by Gasteiger charge is -2.23. The zero-order chi connectivity index (χ0) is 20.2. The first kappa shape index (κ1) is 22.6. The number of amides is 3. The van der Waals surface area contributed by atoms with Crippen LogP contribution in [0.25, 0.3) is 0 Å². The van der Waals surface area contributed by atoms with E-state index in [1.807, 2.05) is 0 Å². The van der Waals surface area contributed by atoms with Gasteiger partial charge in [-0.1, -0.05) is 0 Å². The maximum Gasteiger partial charge on any atom is 0.260 e. The number of aliphatic hydroxyl groups is 1. The van der Waals surface area contributed by atoms with Crippen LogP contribution < -0.4 is 5.43 Å². The minimum absolute atomic E-state index is 0.00662. The Balaban J connectivity index is 2.33. The van der Waals surface area contributed by atoms with Crippen molar-refractivity contribution in [1.29, 1.82) is 0 Å². The highest BCUT2D eigenvalue weighted by atomic mass is 16.7. The van der Waals surface area contributed by atoms with Crippen molar-refractivity contribution >= 4 is 30.2 Å². The number of rotatable bonds is 13. The summed E-state index contributed by atoms with van der Waals surface area (Å²) in [7, 11) is 2.66. The summed E-state index contributed by atoms with van der Waals surface area (Å²) in [5, 5.41) is 13.1. The summed E-state index contributed by atoms with van der Waals surface area (Å²) in [5.41, 5.74) is 2.66. The number of methoxy groups -OCH3 is 2. The average Bonchev–Trinajstić information content (AvgIpc) is 3.01. The lowest BCUT2D eigenvalue weighted by Crippen LogP contribution is -2.39. The molecule has 0 aromatic carbocycles. The van der Waals surface area contributed by atoms with Crippen molar-refractivity contribution in [2.24, 2.45) is 5.10 Å². The Bertz CT molecular complexity index is 574. The van der Waals surface area contributed by atoms with Gasteiger partial charge in [-0.05, 0) is 6.42 Å². The van der Waals surface area contributed by atoms with Crippen molar-refractivity contribution in [3.63, 3.8) is 0 Å². The van der Waals surface area contributed by atoms with Gasteiger partial charge in [0.05, 0.1) is 12.8 Å². The topological polar surface area (TPSA) is 144 Å². The summed E-state index contributed by atoms with van der Waals surface area (Å²) in [4.78, 5) is 46.0. The molecule has 11 nitrogen and oxygen atoms in total. The second-order valence-electron chi connectivity index (χ2n) is 5.33. The number of hydrogen-bond donors (Lipinski definition) is 2. The Hall–Kier alpha value is -2.47. The standard InChI is InChI=1S/C16H23N3O8/c1-25-11(9-20)12(10-21)27-16(26-2)8-18-17-7-3-4-13(22)19-14(23)5-6-15(19)24/h5-6,8-9,11-12,16-17,21H,3-4,7,10H2,1-2H3/b18-8-/t11?,12-,16-/m1/s1. The van der Waals surface area contributed by atoms with Crippen LogP contribution in [0.15, 0.2) is 17.3 Å². The molecule has 0 bridgehead atoms. The van der Waals surface area contributed by atoms with Crippen molar-refractivity contribution in [3.05, 3.63) is 12.2 Å². The molecule has 0 aromatic heterocycles. The van der Waals surface area contributed by atoms with E-state index in [9.17, 15) is 24.3 Å². The summed E-state index contributed by atoms with van der Waals surface area (Å²) < 4.78 is 15.3. The number of ether oxygens (including phenoxy) is 3. The van der Waals surface area contributed by atoms with Crippen LogP contribution in [0, 0.1) is 0 Å². The molecule has 0 aliphatic carbocycles. The molecular weight excluding hydrogens is 362 g/mol. The van der Waals surface area contributed by atoms with Gasteiger partial charge in [-0.3, -0.25) is 14.4 Å². The molecule has 1 rings (SSSR count). The highest BCUT2D eigenvalue weighted by molar-refractivity contribution is 6.22. The van der Waals surface area contributed by atoms with Crippen molar-refractivity contribution in [2.45, 2.75) is 31.3 Å². The molecule has 150 valence electrons. The van der Waals surface area contributed by atoms with Gasteiger partial charge in [-0.2, -0.15) is 5.10 Å². The number of carbonyl (C=O) groups is 4. The Labute approximate surface area is 155 Å². The monoisotopic (exact) mass is 385 g/mol. The van der Waals surface area contributed by atoms with E-state index >= 15 is 0 Å². The number of aliphatic hydroxyl groups excluding tert-OH is 1. The third kappa shape index (κ3) is 6.98. The van der Waals surface area contributed by atoms with Crippen LogP contribution in [-0.4, -0.2) is 86.1 Å². The molecule has 2 N–H and O–H groups in total. The first-order valence-corrected chi connectivity index (χ1v) is 8.10. The zero-order valence-electron chi connectivity index (χ0n) is 15.1. The maximum atomic E-state index is 11.8. The van der Waals surface area contributed by atoms with E-state index in [1.165, 1.54) is 20.4 Å². The molecule has 1 aliphatic rings. The molecule has 0 spiro atoms. The molecule has 11 heteroatoms. The number of aldehydes is 1. The summed E-state index contributed by atoms with van der Waals surface area (Å²) in [6, 6.07) is 0. The Morgan fingerprint density at radius 2 is 1.96 bits per heavy atom. The predicted molar refractivity (Wildman–Crippen MR) is 91.3 cm³/mol. The van der Waals surface area contributed by atoms with E-state index in [4.69, 9.17) is 14.2 Å². The van der Waals surface area contributed by atoms with E-state index < -0.39 is 42.8 Å². The summed E-state index contributed by atoms with van der Waals surface area (Å²) >= 11 is 0. The van der Waals surface area contributed by atoms with Gasteiger partial charge in [0, 0.05) is 39.3 Å². The minimum Gasteiger partial charge on any atom is -0.394 e. The quantitative estimate of drug-likeness (QED) is 0.0952. The van der Waals surface area contributed by atoms with Gasteiger partial charge in [-0.15, -0.1) is 0 Å². The molecule has 1 aliphatic heterocycles. The largest absolute Gasteiger partial charge is 0.394 e. The number of nitrogens with one attached hydrogen (secondary N) is 1. The predicted octanol–water partition coefficient (Wildman–Crippen LogP) is -1.64. The zero-order valence-corrected chi connectivity index (χ0v) is 15.1. The molecule has 0 radical (unpaired) electrons. The van der Waals surface area contributed by atoms with Crippen molar-refractivity contribution in [3.8, 4) is 0 Å². The number of carbonyl (C=O) groups excluding carboxylic acids is 4. The van der Waals surface area contributed by atoms with Gasteiger partial charge in [0.2, 0.25) is 5.91 Å².